The van der Waals surface area contributed by atoms with Crippen LogP contribution in [0.5, 0.6) is 0 Å². The monoisotopic (exact) mass is 377 g/mol. The number of allylic oxidation sites excluding steroid dienone is 2. The number of aryl methyl sites for hydroxylation is 2. The summed E-state index contributed by atoms with van der Waals surface area (Å²) < 4.78 is 2.05. The number of hydrogen-bond donors (Lipinski definition) is 1. The maximum absolute atomic E-state index is 13.2. The second kappa shape index (κ2) is 6.44. The summed E-state index contributed by atoms with van der Waals surface area (Å²) in [6, 6.07) is 5.68. The van der Waals surface area contributed by atoms with Crippen molar-refractivity contribution in [3.05, 3.63) is 47.9 Å². The lowest BCUT2D eigenvalue weighted by Gasteiger charge is -2.42. The van der Waals surface area contributed by atoms with E-state index in [1.807, 2.05) is 50.5 Å². The highest BCUT2D eigenvalue weighted by Crippen LogP contribution is 2.31. The number of aliphatic imine (C=N–C) groups is 1. The molecule has 4 rings (SSSR count). The van der Waals surface area contributed by atoms with Gasteiger partial charge in [-0.2, -0.15) is 4.99 Å². The third kappa shape index (κ3) is 2.83. The summed E-state index contributed by atoms with van der Waals surface area (Å²) in [4.78, 5) is 35.9. The van der Waals surface area contributed by atoms with Gasteiger partial charge in [0.15, 0.2) is 0 Å². The molecule has 2 aromatic rings. The predicted octanol–water partition coefficient (Wildman–Crippen LogP) is 2.94. The van der Waals surface area contributed by atoms with Crippen molar-refractivity contribution in [2.24, 2.45) is 12.0 Å². The second-order valence-electron chi connectivity index (χ2n) is 7.49. The first-order valence-electron chi connectivity index (χ1n) is 9.36. The summed E-state index contributed by atoms with van der Waals surface area (Å²) in [6.07, 6.45) is 6.39. The number of rotatable bonds is 3. The molecule has 3 heterocycles. The van der Waals surface area contributed by atoms with Gasteiger partial charge >= 0.3 is 0 Å². The Labute approximate surface area is 163 Å². The van der Waals surface area contributed by atoms with Crippen LogP contribution in [-0.2, 0) is 23.1 Å². The third-order valence-corrected chi connectivity index (χ3v) is 5.39. The second-order valence-corrected chi connectivity index (χ2v) is 7.49. The van der Waals surface area contributed by atoms with Crippen LogP contribution in [0.2, 0.25) is 0 Å². The number of imidazole rings is 1. The van der Waals surface area contributed by atoms with Crippen molar-refractivity contribution in [1.82, 2.24) is 14.5 Å². The van der Waals surface area contributed by atoms with Gasteiger partial charge in [-0.25, -0.2) is 4.98 Å². The molecule has 2 amide bonds. The van der Waals surface area contributed by atoms with E-state index >= 15 is 0 Å². The standard InChI is InChI=1S/C21H23N5O2/c1-5-17-23-15-11-14(6-7-16(15)25(17)4)22-20(28)21(3)12-19(27)24-18-10-13(2)8-9-26(18)21/h6-11H,5,12H2,1-4H3,(H,22,28). The van der Waals surface area contributed by atoms with Crippen LogP contribution in [0.1, 0.15) is 33.0 Å². The molecule has 1 aromatic heterocycles. The van der Waals surface area contributed by atoms with E-state index in [9.17, 15) is 9.59 Å². The molecule has 0 spiro atoms. The van der Waals surface area contributed by atoms with Crippen molar-refractivity contribution in [1.29, 1.82) is 0 Å². The zero-order valence-electron chi connectivity index (χ0n) is 16.5. The molecule has 2 aliphatic rings. The molecule has 7 heteroatoms. The predicted molar refractivity (Wildman–Crippen MR) is 109 cm³/mol. The van der Waals surface area contributed by atoms with Gasteiger partial charge in [0.05, 0.1) is 17.5 Å². The number of carbonyl (C=O) groups is 2. The number of nitrogens with zero attached hydrogens (tertiary/aromatic N) is 4. The fourth-order valence-corrected chi connectivity index (χ4v) is 3.74. The van der Waals surface area contributed by atoms with Gasteiger partial charge in [0.1, 0.15) is 17.2 Å². The summed E-state index contributed by atoms with van der Waals surface area (Å²) >= 11 is 0. The first-order chi connectivity index (χ1) is 13.3. The number of amides is 2. The molecule has 0 aliphatic carbocycles. The molecular formula is C21H23N5O2. The van der Waals surface area contributed by atoms with Crippen LogP contribution in [-0.4, -0.2) is 37.6 Å². The van der Waals surface area contributed by atoms with Gasteiger partial charge < -0.3 is 14.8 Å². The first kappa shape index (κ1) is 18.2. The summed E-state index contributed by atoms with van der Waals surface area (Å²) in [7, 11) is 1.99. The van der Waals surface area contributed by atoms with Crippen LogP contribution in [0.15, 0.2) is 47.1 Å². The Kier molecular flexibility index (Phi) is 4.18. The summed E-state index contributed by atoms with van der Waals surface area (Å²) in [6.45, 7) is 5.76. The van der Waals surface area contributed by atoms with Crippen LogP contribution in [0.3, 0.4) is 0 Å². The van der Waals surface area contributed by atoms with Crippen molar-refractivity contribution in [2.45, 2.75) is 39.2 Å². The van der Waals surface area contributed by atoms with Gasteiger partial charge in [0.2, 0.25) is 0 Å². The minimum atomic E-state index is -1.05. The number of carbonyl (C=O) groups excluding carboxylic acids is 2. The molecule has 1 atom stereocenters. The van der Waals surface area contributed by atoms with Gasteiger partial charge in [-0.15, -0.1) is 0 Å². The molecule has 7 nitrogen and oxygen atoms in total. The van der Waals surface area contributed by atoms with E-state index in [4.69, 9.17) is 0 Å². The Morgan fingerprint density at radius 2 is 2.14 bits per heavy atom. The van der Waals surface area contributed by atoms with Crippen molar-refractivity contribution in [2.75, 3.05) is 5.32 Å². The molecule has 1 N–H and O–H groups in total. The van der Waals surface area contributed by atoms with E-state index in [2.05, 4.69) is 26.8 Å². The normalized spacial score (nSPS) is 21.4. The molecule has 1 aromatic carbocycles. The van der Waals surface area contributed by atoms with E-state index in [1.54, 1.807) is 11.8 Å². The molecule has 0 saturated heterocycles. The van der Waals surface area contributed by atoms with E-state index in [0.717, 1.165) is 28.9 Å². The van der Waals surface area contributed by atoms with Crippen LogP contribution < -0.4 is 5.32 Å². The van der Waals surface area contributed by atoms with E-state index < -0.39 is 5.54 Å². The molecule has 1 unspecified atom stereocenters. The largest absolute Gasteiger partial charge is 0.331 e. The quantitative estimate of drug-likeness (QED) is 0.892. The minimum Gasteiger partial charge on any atom is -0.331 e. The number of aromatic nitrogens is 2. The Morgan fingerprint density at radius 3 is 2.89 bits per heavy atom. The lowest BCUT2D eigenvalue weighted by molar-refractivity contribution is -0.130. The SMILES string of the molecule is CCc1nc2cc(NC(=O)C3(C)CC(=O)N=C4C=C(C)C=CN43)ccc2n1C. The molecular weight excluding hydrogens is 354 g/mol. The smallest absolute Gasteiger partial charge is 0.250 e. The van der Waals surface area contributed by atoms with Crippen LogP contribution in [0, 0.1) is 0 Å². The molecule has 0 bridgehead atoms. The van der Waals surface area contributed by atoms with Crippen molar-refractivity contribution in [3.8, 4) is 0 Å². The highest BCUT2D eigenvalue weighted by atomic mass is 16.2. The van der Waals surface area contributed by atoms with Gasteiger partial charge in [0.25, 0.3) is 11.8 Å². The molecule has 28 heavy (non-hydrogen) atoms. The number of fused-ring (bicyclic) bond motifs is 2. The molecule has 2 aliphatic heterocycles. The Balaban J connectivity index is 1.64. The van der Waals surface area contributed by atoms with Gasteiger partial charge in [0, 0.05) is 25.4 Å². The number of benzene rings is 1. The highest BCUT2D eigenvalue weighted by molar-refractivity contribution is 6.12. The van der Waals surface area contributed by atoms with E-state index in [-0.39, 0.29) is 18.2 Å². The van der Waals surface area contributed by atoms with Gasteiger partial charge in [-0.3, -0.25) is 9.59 Å². The van der Waals surface area contributed by atoms with Crippen LogP contribution >= 0.6 is 0 Å². The Bertz CT molecular complexity index is 1090. The van der Waals surface area contributed by atoms with Gasteiger partial charge in [-0.05, 0) is 49.8 Å². The number of nitrogens with one attached hydrogen (secondary N) is 1. The van der Waals surface area contributed by atoms with Crippen molar-refractivity contribution < 1.29 is 9.59 Å². The molecule has 144 valence electrons. The first-order valence-corrected chi connectivity index (χ1v) is 9.36. The van der Waals surface area contributed by atoms with Crippen molar-refractivity contribution in [3.63, 3.8) is 0 Å². The number of hydrogen-bond acceptors (Lipinski definition) is 4. The zero-order valence-corrected chi connectivity index (χ0v) is 16.5. The van der Waals surface area contributed by atoms with Crippen LogP contribution in [0.4, 0.5) is 5.69 Å². The van der Waals surface area contributed by atoms with E-state index in [1.165, 1.54) is 0 Å². The fraction of sp³-hybridized carbons (Fsp3) is 0.333. The van der Waals surface area contributed by atoms with Crippen molar-refractivity contribution >= 4 is 34.4 Å². The fourth-order valence-electron chi connectivity index (χ4n) is 3.74. The number of anilines is 1. The summed E-state index contributed by atoms with van der Waals surface area (Å²) in [5, 5.41) is 2.96. The molecule has 0 radical (unpaired) electrons. The lowest BCUT2D eigenvalue weighted by atomic mass is 9.90. The zero-order chi connectivity index (χ0) is 20.1. The Morgan fingerprint density at radius 1 is 1.36 bits per heavy atom. The lowest BCUT2D eigenvalue weighted by Crippen LogP contribution is -2.58. The Hall–Kier alpha value is -3.22. The van der Waals surface area contributed by atoms with E-state index in [0.29, 0.717) is 11.5 Å². The minimum absolute atomic E-state index is 0.0192. The average Bonchev–Trinajstić information content (AvgIpc) is 2.96. The third-order valence-electron chi connectivity index (χ3n) is 5.39. The maximum atomic E-state index is 13.2. The molecule has 0 fully saturated rings. The van der Waals surface area contributed by atoms with Crippen LogP contribution in [0.25, 0.3) is 11.0 Å². The summed E-state index contributed by atoms with van der Waals surface area (Å²) in [5.74, 6) is 0.944. The maximum Gasteiger partial charge on any atom is 0.250 e. The topological polar surface area (TPSA) is 79.6 Å². The highest BCUT2D eigenvalue weighted by Gasteiger charge is 2.45. The number of amidine groups is 1. The molecule has 0 saturated carbocycles. The van der Waals surface area contributed by atoms with Gasteiger partial charge in [-0.1, -0.05) is 6.92 Å². The average molecular weight is 377 g/mol. The summed E-state index contributed by atoms with van der Waals surface area (Å²) in [5.41, 5.74) is 2.45.